The maximum Gasteiger partial charge on any atom is 0.242 e. The first-order chi connectivity index (χ1) is 12.8. The van der Waals surface area contributed by atoms with Crippen molar-refractivity contribution in [3.63, 3.8) is 0 Å². The van der Waals surface area contributed by atoms with Crippen LogP contribution in [0.2, 0.25) is 0 Å². The molecule has 3 aromatic heterocycles. The van der Waals surface area contributed by atoms with E-state index in [0.717, 1.165) is 39.6 Å². The van der Waals surface area contributed by atoms with Crippen molar-refractivity contribution in [1.82, 2.24) is 19.4 Å². The normalized spacial score (nSPS) is 13.9. The standard InChI is InChI=1S/C21H18N4O/c26-20(14-24-10-7-15-4-1-2-6-19(15)24)25-11-8-18-17(13-25)12-16-5-3-9-22-21(16)23-18/h1-7,9-10,12H,8,11,13-14H2. The third-order valence-electron chi connectivity index (χ3n) is 5.08. The van der Waals surface area contributed by atoms with E-state index in [9.17, 15) is 4.79 Å². The first-order valence-corrected chi connectivity index (χ1v) is 8.83. The van der Waals surface area contributed by atoms with Crippen molar-refractivity contribution in [1.29, 1.82) is 0 Å². The molecule has 0 N–H and O–H groups in total. The third kappa shape index (κ3) is 2.52. The first-order valence-electron chi connectivity index (χ1n) is 8.83. The summed E-state index contributed by atoms with van der Waals surface area (Å²) < 4.78 is 2.02. The number of nitrogens with zero attached hydrogens (tertiary/aromatic N) is 4. The molecule has 0 fully saturated rings. The quantitative estimate of drug-likeness (QED) is 0.562. The number of carbonyl (C=O) groups excluding carboxylic acids is 1. The van der Waals surface area contributed by atoms with E-state index >= 15 is 0 Å². The fourth-order valence-corrected chi connectivity index (χ4v) is 3.70. The van der Waals surface area contributed by atoms with Crippen molar-refractivity contribution in [3.8, 4) is 0 Å². The summed E-state index contributed by atoms with van der Waals surface area (Å²) >= 11 is 0. The zero-order valence-electron chi connectivity index (χ0n) is 14.3. The van der Waals surface area contributed by atoms with Crippen molar-refractivity contribution in [2.24, 2.45) is 0 Å². The van der Waals surface area contributed by atoms with Gasteiger partial charge in [-0.15, -0.1) is 0 Å². The Bertz CT molecular complexity index is 1130. The molecule has 128 valence electrons. The van der Waals surface area contributed by atoms with E-state index in [1.807, 2.05) is 39.9 Å². The summed E-state index contributed by atoms with van der Waals surface area (Å²) in [5, 5.41) is 2.18. The van der Waals surface area contributed by atoms with Gasteiger partial charge in [0.2, 0.25) is 5.91 Å². The van der Waals surface area contributed by atoms with Gasteiger partial charge in [0.1, 0.15) is 6.54 Å². The molecule has 26 heavy (non-hydrogen) atoms. The van der Waals surface area contributed by atoms with Gasteiger partial charge in [0.05, 0.1) is 0 Å². The minimum absolute atomic E-state index is 0.142. The highest BCUT2D eigenvalue weighted by atomic mass is 16.2. The van der Waals surface area contributed by atoms with Gasteiger partial charge in [-0.2, -0.15) is 0 Å². The summed E-state index contributed by atoms with van der Waals surface area (Å²) in [5.41, 5.74) is 4.07. The van der Waals surface area contributed by atoms with Crippen LogP contribution in [-0.2, 0) is 24.3 Å². The Morgan fingerprint density at radius 2 is 1.96 bits per heavy atom. The number of pyridine rings is 2. The molecule has 5 heteroatoms. The smallest absolute Gasteiger partial charge is 0.242 e. The molecule has 0 unspecified atom stereocenters. The lowest BCUT2D eigenvalue weighted by atomic mass is 10.0. The molecule has 5 nitrogen and oxygen atoms in total. The summed E-state index contributed by atoms with van der Waals surface area (Å²) in [6.45, 7) is 1.69. The third-order valence-corrected chi connectivity index (χ3v) is 5.08. The molecule has 1 aromatic carbocycles. The number of aromatic nitrogens is 3. The lowest BCUT2D eigenvalue weighted by Gasteiger charge is -2.28. The van der Waals surface area contributed by atoms with Crippen LogP contribution >= 0.6 is 0 Å². The van der Waals surface area contributed by atoms with E-state index in [2.05, 4.69) is 34.2 Å². The molecule has 0 saturated carbocycles. The van der Waals surface area contributed by atoms with E-state index < -0.39 is 0 Å². The van der Waals surface area contributed by atoms with Crippen LogP contribution in [0.1, 0.15) is 11.3 Å². The van der Waals surface area contributed by atoms with Crippen molar-refractivity contribution in [3.05, 3.63) is 72.2 Å². The van der Waals surface area contributed by atoms with Gasteiger partial charge < -0.3 is 9.47 Å². The zero-order valence-corrected chi connectivity index (χ0v) is 14.3. The maximum absolute atomic E-state index is 12.9. The van der Waals surface area contributed by atoms with Crippen LogP contribution in [0.5, 0.6) is 0 Å². The van der Waals surface area contributed by atoms with Gasteiger partial charge in [0, 0.05) is 48.5 Å². The van der Waals surface area contributed by atoms with Gasteiger partial charge in [-0.25, -0.2) is 9.97 Å². The highest BCUT2D eigenvalue weighted by molar-refractivity contribution is 5.83. The minimum Gasteiger partial charge on any atom is -0.338 e. The summed E-state index contributed by atoms with van der Waals surface area (Å²) in [7, 11) is 0. The molecule has 0 radical (unpaired) electrons. The van der Waals surface area contributed by atoms with Gasteiger partial charge >= 0.3 is 0 Å². The van der Waals surface area contributed by atoms with Crippen LogP contribution in [0.15, 0.2) is 60.9 Å². The number of hydrogen-bond donors (Lipinski definition) is 0. The predicted octanol–water partition coefficient (Wildman–Crippen LogP) is 3.17. The van der Waals surface area contributed by atoms with Crippen LogP contribution in [0, 0.1) is 0 Å². The van der Waals surface area contributed by atoms with Crippen molar-refractivity contribution in [2.45, 2.75) is 19.5 Å². The summed E-state index contributed by atoms with van der Waals surface area (Å²) in [6.07, 6.45) is 4.53. The molecule has 0 aliphatic carbocycles. The Balaban J connectivity index is 1.40. The predicted molar refractivity (Wildman–Crippen MR) is 101 cm³/mol. The number of benzene rings is 1. The molecule has 4 heterocycles. The van der Waals surface area contributed by atoms with Gasteiger partial charge in [-0.1, -0.05) is 18.2 Å². The van der Waals surface area contributed by atoms with Crippen LogP contribution in [0.4, 0.5) is 0 Å². The minimum atomic E-state index is 0.142. The second-order valence-electron chi connectivity index (χ2n) is 6.71. The van der Waals surface area contributed by atoms with E-state index in [-0.39, 0.29) is 5.91 Å². The summed E-state index contributed by atoms with van der Waals surface area (Å²) in [5.74, 6) is 0.142. The van der Waals surface area contributed by atoms with Crippen molar-refractivity contribution in [2.75, 3.05) is 6.54 Å². The number of hydrogen-bond acceptors (Lipinski definition) is 3. The number of amides is 1. The highest BCUT2D eigenvalue weighted by Gasteiger charge is 2.22. The molecular formula is C21H18N4O. The lowest BCUT2D eigenvalue weighted by molar-refractivity contribution is -0.132. The lowest BCUT2D eigenvalue weighted by Crippen LogP contribution is -2.38. The van der Waals surface area contributed by atoms with E-state index in [1.54, 1.807) is 6.20 Å². The summed E-state index contributed by atoms with van der Waals surface area (Å²) in [6, 6.07) is 16.2. The second-order valence-corrected chi connectivity index (χ2v) is 6.71. The Kier molecular flexibility index (Phi) is 3.45. The number of fused-ring (bicyclic) bond motifs is 3. The SMILES string of the molecule is O=C(Cn1ccc2ccccc21)N1CCc2nc3ncccc3cc2C1. The van der Waals surface area contributed by atoms with E-state index in [0.29, 0.717) is 19.6 Å². The largest absolute Gasteiger partial charge is 0.338 e. The van der Waals surface area contributed by atoms with Crippen LogP contribution in [0.3, 0.4) is 0 Å². The Morgan fingerprint density at radius 3 is 2.92 bits per heavy atom. The molecule has 1 amide bonds. The molecule has 0 bridgehead atoms. The average molecular weight is 342 g/mol. The highest BCUT2D eigenvalue weighted by Crippen LogP contribution is 2.22. The fourth-order valence-electron chi connectivity index (χ4n) is 3.70. The molecule has 1 aliphatic rings. The first kappa shape index (κ1) is 15.1. The van der Waals surface area contributed by atoms with Gasteiger partial charge in [0.25, 0.3) is 0 Å². The maximum atomic E-state index is 12.9. The molecule has 0 spiro atoms. The molecule has 0 saturated heterocycles. The molecule has 4 aromatic rings. The molecule has 0 atom stereocenters. The topological polar surface area (TPSA) is 51.0 Å². The molecular weight excluding hydrogens is 324 g/mol. The van der Waals surface area contributed by atoms with Gasteiger partial charge in [-0.3, -0.25) is 4.79 Å². The van der Waals surface area contributed by atoms with E-state index in [4.69, 9.17) is 0 Å². The average Bonchev–Trinajstić information content (AvgIpc) is 3.09. The van der Waals surface area contributed by atoms with Crippen LogP contribution in [0.25, 0.3) is 21.9 Å². The van der Waals surface area contributed by atoms with Crippen molar-refractivity contribution < 1.29 is 4.79 Å². The monoisotopic (exact) mass is 342 g/mol. The van der Waals surface area contributed by atoms with Gasteiger partial charge in [-0.05, 0) is 41.3 Å². The Hall–Kier alpha value is -3.21. The summed E-state index contributed by atoms with van der Waals surface area (Å²) in [4.78, 5) is 23.8. The van der Waals surface area contributed by atoms with Crippen LogP contribution < -0.4 is 0 Å². The number of carbonyl (C=O) groups is 1. The molecule has 1 aliphatic heterocycles. The zero-order chi connectivity index (χ0) is 17.5. The van der Waals surface area contributed by atoms with Gasteiger partial charge in [0.15, 0.2) is 5.65 Å². The van der Waals surface area contributed by atoms with Crippen LogP contribution in [-0.4, -0.2) is 31.9 Å². The number of para-hydroxylation sites is 1. The Morgan fingerprint density at radius 1 is 1.08 bits per heavy atom. The second kappa shape index (κ2) is 5.95. The fraction of sp³-hybridized carbons (Fsp3) is 0.190. The Labute approximate surface area is 150 Å². The number of rotatable bonds is 2. The van der Waals surface area contributed by atoms with Crippen molar-refractivity contribution >= 4 is 27.8 Å². The van der Waals surface area contributed by atoms with E-state index in [1.165, 1.54) is 0 Å². The molecule has 5 rings (SSSR count).